The van der Waals surface area contributed by atoms with Crippen molar-refractivity contribution in [2.45, 2.75) is 0 Å². The molecule has 140 heavy (non-hydrogen) atoms. The summed E-state index contributed by atoms with van der Waals surface area (Å²) in [7, 11) is 0. The third-order valence-corrected chi connectivity index (χ3v) is 29.1. The quantitative estimate of drug-likeness (QED) is 0.0967. The Morgan fingerprint density at radius 1 is 0.0857 bits per heavy atom. The van der Waals surface area contributed by atoms with E-state index in [0.717, 1.165) is 0 Å². The SMILES string of the molecule is c1ccc(-n2c3ccccc3c3cc(-c4ccc(-c5c6ccccc6c(-c6ccc(-c7ccc8c(c7)c7ccccc7n8-c7ccccc7)cc6)c6ccccc56)cc4)ccc32)cc1.c1ccc(-n2c3ccccc3c3cc(-c4ccc(-c5ccc(-c6c7ccccc7c(-c7ccc(-c8ccc(-c9ccc%10c(c9)c9ccccc9n%10-c9ccccc9)cc8)cc7)c7ccccc67)cc5)cc4)ccc32)cc1. The number of hydrogen-bond donors (Lipinski definition) is 0. The van der Waals surface area contributed by atoms with Crippen molar-refractivity contribution in [2.24, 2.45) is 0 Å². The molecule has 4 nitrogen and oxygen atoms in total. The maximum absolute atomic E-state index is 2.37. The number of rotatable bonds is 14. The summed E-state index contributed by atoms with van der Waals surface area (Å²) in [5.74, 6) is 0. The summed E-state index contributed by atoms with van der Waals surface area (Å²) >= 11 is 0. The molecule has 0 aliphatic rings. The van der Waals surface area contributed by atoms with E-state index >= 15 is 0 Å². The van der Waals surface area contributed by atoms with Crippen LogP contribution in [0.2, 0.25) is 0 Å². The highest BCUT2D eigenvalue weighted by Crippen LogP contribution is 2.50. The Kier molecular flexibility index (Phi) is 19.6. The maximum atomic E-state index is 2.37. The van der Waals surface area contributed by atoms with Crippen LogP contribution >= 0.6 is 0 Å². The van der Waals surface area contributed by atoms with E-state index in [1.165, 1.54) is 264 Å². The summed E-state index contributed by atoms with van der Waals surface area (Å²) in [6.07, 6.45) is 0. The van der Waals surface area contributed by atoms with Gasteiger partial charge < -0.3 is 18.3 Å². The molecule has 0 saturated heterocycles. The molecule has 0 spiro atoms. The number of aromatic nitrogens is 4. The second-order valence-electron chi connectivity index (χ2n) is 36.8. The lowest BCUT2D eigenvalue weighted by Gasteiger charge is -2.18. The molecule has 0 fully saturated rings. The summed E-state index contributed by atoms with van der Waals surface area (Å²) in [6, 6.07) is 196. The first-order chi connectivity index (χ1) is 69.5. The van der Waals surface area contributed by atoms with Crippen LogP contribution in [0.5, 0.6) is 0 Å². The largest absolute Gasteiger partial charge is 0.309 e. The molecule has 0 aliphatic heterocycles. The molecule has 4 heteroatoms. The second kappa shape index (κ2) is 33.9. The molecule has 4 aromatic heterocycles. The lowest BCUT2D eigenvalue weighted by Crippen LogP contribution is -1.93. The Balaban J connectivity index is 0.000000143. The van der Waals surface area contributed by atoms with Crippen molar-refractivity contribution in [3.05, 3.63) is 534 Å². The van der Waals surface area contributed by atoms with Gasteiger partial charge in [-0.3, -0.25) is 0 Å². The van der Waals surface area contributed by atoms with Gasteiger partial charge in [0.15, 0.2) is 0 Å². The van der Waals surface area contributed by atoms with Crippen LogP contribution < -0.4 is 0 Å². The van der Waals surface area contributed by atoms with Gasteiger partial charge in [0.05, 0.1) is 44.1 Å². The van der Waals surface area contributed by atoms with Gasteiger partial charge in [-0.25, -0.2) is 0 Å². The number of para-hydroxylation sites is 8. The number of benzene rings is 24. The molecule has 0 N–H and O–H groups in total. The van der Waals surface area contributed by atoms with E-state index < -0.39 is 0 Å². The average Bonchev–Trinajstić information content (AvgIpc) is 1.77. The van der Waals surface area contributed by atoms with Gasteiger partial charge in [-0.15, -0.1) is 0 Å². The maximum Gasteiger partial charge on any atom is 0.0541 e. The Hall–Kier alpha value is -18.5. The Labute approximate surface area is 810 Å². The fourth-order valence-electron chi connectivity index (χ4n) is 22.6. The molecule has 28 rings (SSSR count). The van der Waals surface area contributed by atoms with Crippen LogP contribution in [0.1, 0.15) is 0 Å². The second-order valence-corrected chi connectivity index (χ2v) is 36.8. The normalized spacial score (nSPS) is 11.7. The monoisotopic (exact) mass is 1780 g/mol. The van der Waals surface area contributed by atoms with Gasteiger partial charge in [-0.2, -0.15) is 0 Å². The summed E-state index contributed by atoms with van der Waals surface area (Å²) < 4.78 is 9.49. The fraction of sp³-hybridized carbons (Fsp3) is 0. The average molecular weight is 1780 g/mol. The molecule has 0 aliphatic carbocycles. The Bertz CT molecular complexity index is 9040. The predicted octanol–water partition coefficient (Wildman–Crippen LogP) is 37.0. The number of hydrogen-bond acceptors (Lipinski definition) is 0. The lowest BCUT2D eigenvalue weighted by atomic mass is 9.85. The standard InChI is InChI=1S/C74H48N2.C62H40N2/c1-3-15-59(16-4-1)75-69-25-13-11-19-61(69)67-47-57(43-45-71(67)75)53-31-27-49(28-32-53)51-35-39-55(40-36-51)73-63-21-7-9-23-65(63)74(66-24-10-8-22-64(66)73)56-41-37-52(38-42-56)50-29-33-54(34-30-50)58-44-46-72-68(48-58)62-20-12-14-26-70(62)76(72)60-17-5-2-6-18-60;1-3-15-47(16-4-1)63-57-25-13-11-19-49(57)55-39-45(35-37-59(55)63)41-27-31-43(32-28-41)61-51-21-7-9-23-53(51)62(54-24-10-8-22-52(54)61)44-33-29-42(30-34-44)46-36-38-60-56(40-46)50-20-12-14-26-58(50)64(60)48-17-5-2-6-18-48/h1-48H;1-40H. The van der Waals surface area contributed by atoms with E-state index in [2.05, 4.69) is 552 Å². The predicted molar refractivity (Wildman–Crippen MR) is 595 cm³/mol. The van der Waals surface area contributed by atoms with Crippen molar-refractivity contribution in [3.8, 4) is 134 Å². The third-order valence-electron chi connectivity index (χ3n) is 29.1. The number of fused-ring (bicyclic) bond motifs is 16. The van der Waals surface area contributed by atoms with Crippen molar-refractivity contribution < 1.29 is 0 Å². The highest BCUT2D eigenvalue weighted by molar-refractivity contribution is 6.24. The van der Waals surface area contributed by atoms with E-state index in [-0.39, 0.29) is 0 Å². The minimum Gasteiger partial charge on any atom is -0.309 e. The van der Waals surface area contributed by atoms with Gasteiger partial charge in [0.25, 0.3) is 0 Å². The van der Waals surface area contributed by atoms with E-state index in [1.807, 2.05) is 0 Å². The smallest absolute Gasteiger partial charge is 0.0541 e. The molecular weight excluding hydrogens is 1690 g/mol. The third kappa shape index (κ3) is 13.7. The zero-order valence-corrected chi connectivity index (χ0v) is 76.6. The van der Waals surface area contributed by atoms with Crippen LogP contribution in [0.3, 0.4) is 0 Å². The zero-order chi connectivity index (χ0) is 92.2. The summed E-state index contributed by atoms with van der Waals surface area (Å²) in [6.45, 7) is 0. The van der Waals surface area contributed by atoms with Crippen molar-refractivity contribution in [1.29, 1.82) is 0 Å². The van der Waals surface area contributed by atoms with Crippen molar-refractivity contribution in [2.75, 3.05) is 0 Å². The molecule has 0 saturated carbocycles. The first-order valence-corrected chi connectivity index (χ1v) is 48.3. The van der Waals surface area contributed by atoms with Crippen LogP contribution in [0, 0.1) is 0 Å². The van der Waals surface area contributed by atoms with Crippen LogP contribution in [-0.4, -0.2) is 18.3 Å². The summed E-state index contributed by atoms with van der Waals surface area (Å²) in [4.78, 5) is 0. The van der Waals surface area contributed by atoms with Gasteiger partial charge in [-0.05, 0) is 276 Å². The first-order valence-electron chi connectivity index (χ1n) is 48.3. The highest BCUT2D eigenvalue weighted by atomic mass is 15.0. The first kappa shape index (κ1) is 81.1. The van der Waals surface area contributed by atoms with Crippen LogP contribution in [0.4, 0.5) is 0 Å². The molecule has 0 amide bonds. The molecule has 0 atom stereocenters. The number of nitrogens with zero attached hydrogens (tertiary/aromatic N) is 4. The molecule has 24 aromatic carbocycles. The van der Waals surface area contributed by atoms with E-state index in [4.69, 9.17) is 0 Å². The summed E-state index contributed by atoms with van der Waals surface area (Å²) in [5, 5.41) is 20.1. The van der Waals surface area contributed by atoms with E-state index in [1.54, 1.807) is 0 Å². The highest BCUT2D eigenvalue weighted by Gasteiger charge is 2.24. The van der Waals surface area contributed by atoms with Gasteiger partial charge in [0, 0.05) is 65.8 Å². The van der Waals surface area contributed by atoms with Gasteiger partial charge >= 0.3 is 0 Å². The molecule has 0 radical (unpaired) electrons. The van der Waals surface area contributed by atoms with Gasteiger partial charge in [-0.1, -0.05) is 413 Å². The van der Waals surface area contributed by atoms with Crippen LogP contribution in [0.25, 0.3) is 264 Å². The Morgan fingerprint density at radius 2 is 0.214 bits per heavy atom. The van der Waals surface area contributed by atoms with Crippen molar-refractivity contribution >= 4 is 130 Å². The van der Waals surface area contributed by atoms with Gasteiger partial charge in [0.1, 0.15) is 0 Å². The molecule has 28 aromatic rings. The zero-order valence-electron chi connectivity index (χ0n) is 76.6. The van der Waals surface area contributed by atoms with E-state index in [0.29, 0.717) is 0 Å². The van der Waals surface area contributed by atoms with Crippen molar-refractivity contribution in [3.63, 3.8) is 0 Å². The molecule has 652 valence electrons. The summed E-state index contributed by atoms with van der Waals surface area (Å²) in [5.41, 5.74) is 38.8. The minimum atomic E-state index is 1.17. The lowest BCUT2D eigenvalue weighted by molar-refractivity contribution is 1.18. The van der Waals surface area contributed by atoms with Crippen LogP contribution in [-0.2, 0) is 0 Å². The van der Waals surface area contributed by atoms with E-state index in [9.17, 15) is 0 Å². The fourth-order valence-corrected chi connectivity index (χ4v) is 22.6. The molecule has 4 heterocycles. The molecule has 0 unspecified atom stereocenters. The topological polar surface area (TPSA) is 19.7 Å². The minimum absolute atomic E-state index is 1.17. The van der Waals surface area contributed by atoms with Crippen molar-refractivity contribution in [1.82, 2.24) is 18.3 Å². The van der Waals surface area contributed by atoms with Crippen LogP contribution in [0.15, 0.2) is 534 Å². The Morgan fingerprint density at radius 3 is 0.393 bits per heavy atom. The molecule has 0 bridgehead atoms. The molecular formula is C136H88N4. The van der Waals surface area contributed by atoms with Gasteiger partial charge in [0.2, 0.25) is 0 Å².